The van der Waals surface area contributed by atoms with Crippen molar-refractivity contribution in [2.24, 2.45) is 0 Å². The van der Waals surface area contributed by atoms with Crippen LogP contribution in [0.3, 0.4) is 0 Å². The molecule has 0 saturated heterocycles. The van der Waals surface area contributed by atoms with Crippen molar-refractivity contribution in [2.45, 2.75) is 58.3 Å². The number of benzene rings is 2. The minimum absolute atomic E-state index is 0.0767. The molecule has 0 unspecified atom stereocenters. The van der Waals surface area contributed by atoms with Crippen LogP contribution in [-0.2, 0) is 10.8 Å². The zero-order valence-corrected chi connectivity index (χ0v) is 14.1. The van der Waals surface area contributed by atoms with E-state index in [4.69, 9.17) is 0 Å². The summed E-state index contributed by atoms with van der Waals surface area (Å²) in [5, 5.41) is 12.0. The quantitative estimate of drug-likeness (QED) is 0.744. The molecule has 2 nitrogen and oxygen atoms in total. The van der Waals surface area contributed by atoms with Crippen molar-refractivity contribution < 1.29 is 9.90 Å². The first-order valence-electron chi connectivity index (χ1n) is 7.95. The molecule has 0 saturated carbocycles. The van der Waals surface area contributed by atoms with Crippen LogP contribution in [0.25, 0.3) is 10.8 Å². The van der Waals surface area contributed by atoms with Crippen molar-refractivity contribution in [2.75, 3.05) is 0 Å². The molecule has 0 radical (unpaired) electrons. The largest absolute Gasteiger partial charge is 0.507 e. The van der Waals surface area contributed by atoms with E-state index < -0.39 is 0 Å². The average molecular weight is 296 g/mol. The predicted octanol–water partition coefficient (Wildman–Crippen LogP) is 5.10. The molecule has 0 fully saturated rings. The Morgan fingerprint density at radius 1 is 1.00 bits per heavy atom. The van der Waals surface area contributed by atoms with Crippen molar-refractivity contribution >= 4 is 16.6 Å². The summed E-state index contributed by atoms with van der Waals surface area (Å²) in [6, 6.07) is 7.90. The van der Waals surface area contributed by atoms with Crippen LogP contribution < -0.4 is 0 Å². The number of Topliss-reactive ketones (excluding diaryl/α,β-unsaturated/α-hetero) is 1. The standard InChI is InChI=1S/C20H24O2/c1-12(21)18-14-11-16-15(10-13(14)6-7-17(18)22)19(2,3)8-9-20(16,4)5/h6-7,10-11,22H,8-9H2,1-5H3. The molecule has 0 amide bonds. The molecule has 0 heterocycles. The molecule has 0 atom stereocenters. The normalized spacial score (nSPS) is 19.0. The molecular formula is C20H24O2. The molecule has 0 spiro atoms. The number of rotatable bonds is 1. The van der Waals surface area contributed by atoms with E-state index in [1.807, 2.05) is 6.07 Å². The van der Waals surface area contributed by atoms with Crippen LogP contribution in [0.4, 0.5) is 0 Å². The SMILES string of the molecule is CC(=O)c1c(O)ccc2cc3c(cc12)C(C)(C)CCC3(C)C. The van der Waals surface area contributed by atoms with E-state index in [2.05, 4.69) is 39.8 Å². The maximum Gasteiger partial charge on any atom is 0.164 e. The minimum Gasteiger partial charge on any atom is -0.507 e. The molecule has 116 valence electrons. The summed E-state index contributed by atoms with van der Waals surface area (Å²) < 4.78 is 0. The number of aromatic hydroxyl groups is 1. The third-order valence-electron chi connectivity index (χ3n) is 5.32. The van der Waals surface area contributed by atoms with Crippen LogP contribution in [0.5, 0.6) is 5.75 Å². The molecule has 0 bridgehead atoms. The molecule has 2 aromatic carbocycles. The monoisotopic (exact) mass is 296 g/mol. The molecule has 1 aliphatic carbocycles. The fraction of sp³-hybridized carbons (Fsp3) is 0.450. The lowest BCUT2D eigenvalue weighted by atomic mass is 9.62. The van der Waals surface area contributed by atoms with Crippen LogP contribution in [0.2, 0.25) is 0 Å². The van der Waals surface area contributed by atoms with Gasteiger partial charge in [-0.1, -0.05) is 39.8 Å². The maximum absolute atomic E-state index is 12.0. The van der Waals surface area contributed by atoms with Crippen molar-refractivity contribution in [3.63, 3.8) is 0 Å². The first-order valence-corrected chi connectivity index (χ1v) is 7.95. The number of phenolic OH excluding ortho intramolecular Hbond substituents is 1. The van der Waals surface area contributed by atoms with Crippen LogP contribution in [0.15, 0.2) is 24.3 Å². The van der Waals surface area contributed by atoms with Gasteiger partial charge in [-0.2, -0.15) is 0 Å². The number of fused-ring (bicyclic) bond motifs is 2. The van der Waals surface area contributed by atoms with Crippen molar-refractivity contribution in [3.8, 4) is 5.75 Å². The Labute approximate surface area is 132 Å². The second-order valence-corrected chi connectivity index (χ2v) is 7.90. The fourth-order valence-corrected chi connectivity index (χ4v) is 3.75. The van der Waals surface area contributed by atoms with Gasteiger partial charge < -0.3 is 5.11 Å². The Kier molecular flexibility index (Phi) is 3.14. The van der Waals surface area contributed by atoms with Gasteiger partial charge in [0.15, 0.2) is 5.78 Å². The molecule has 0 aromatic heterocycles. The summed E-state index contributed by atoms with van der Waals surface area (Å²) in [4.78, 5) is 12.0. The third-order valence-corrected chi connectivity index (χ3v) is 5.32. The second-order valence-electron chi connectivity index (χ2n) is 7.90. The highest BCUT2D eigenvalue weighted by Gasteiger charge is 2.37. The van der Waals surface area contributed by atoms with Gasteiger partial charge in [-0.3, -0.25) is 4.79 Å². The van der Waals surface area contributed by atoms with Crippen molar-refractivity contribution in [1.82, 2.24) is 0 Å². The number of hydrogen-bond donors (Lipinski definition) is 1. The zero-order chi connectivity index (χ0) is 16.3. The van der Waals surface area contributed by atoms with Gasteiger partial charge >= 0.3 is 0 Å². The molecule has 1 aliphatic rings. The minimum atomic E-state index is -0.0871. The summed E-state index contributed by atoms with van der Waals surface area (Å²) >= 11 is 0. The highest BCUT2D eigenvalue weighted by Crippen LogP contribution is 2.47. The molecule has 2 aromatic rings. The Hall–Kier alpha value is -1.83. The van der Waals surface area contributed by atoms with E-state index in [9.17, 15) is 9.90 Å². The van der Waals surface area contributed by atoms with E-state index in [0.717, 1.165) is 23.6 Å². The molecule has 0 aliphatic heterocycles. The van der Waals surface area contributed by atoms with Gasteiger partial charge in [-0.25, -0.2) is 0 Å². The van der Waals surface area contributed by atoms with Gasteiger partial charge in [0.25, 0.3) is 0 Å². The van der Waals surface area contributed by atoms with E-state index >= 15 is 0 Å². The maximum atomic E-state index is 12.0. The van der Waals surface area contributed by atoms with E-state index in [1.165, 1.54) is 18.1 Å². The summed E-state index contributed by atoms with van der Waals surface area (Å²) in [5.74, 6) is -0.0104. The number of carbonyl (C=O) groups excluding carboxylic acids is 1. The van der Waals surface area contributed by atoms with Gasteiger partial charge in [-0.15, -0.1) is 0 Å². The number of carbonyl (C=O) groups is 1. The first-order chi connectivity index (χ1) is 10.1. The lowest BCUT2D eigenvalue weighted by Crippen LogP contribution is -2.33. The second kappa shape index (κ2) is 4.58. The van der Waals surface area contributed by atoms with Crippen LogP contribution in [0, 0.1) is 0 Å². The fourth-order valence-electron chi connectivity index (χ4n) is 3.75. The van der Waals surface area contributed by atoms with Gasteiger partial charge in [0.2, 0.25) is 0 Å². The van der Waals surface area contributed by atoms with Crippen LogP contribution >= 0.6 is 0 Å². The molecule has 3 rings (SSSR count). The van der Waals surface area contributed by atoms with Gasteiger partial charge in [0.1, 0.15) is 5.75 Å². The Morgan fingerprint density at radius 3 is 2.09 bits per heavy atom. The molecule has 22 heavy (non-hydrogen) atoms. The van der Waals surface area contributed by atoms with Crippen LogP contribution in [0.1, 0.15) is 68.9 Å². The molecular weight excluding hydrogens is 272 g/mol. The smallest absolute Gasteiger partial charge is 0.164 e. The average Bonchev–Trinajstić information content (AvgIpc) is 2.42. The van der Waals surface area contributed by atoms with Crippen molar-refractivity contribution in [3.05, 3.63) is 41.0 Å². The lowest BCUT2D eigenvalue weighted by Gasteiger charge is -2.42. The van der Waals surface area contributed by atoms with Gasteiger partial charge in [-0.05, 0) is 64.6 Å². The van der Waals surface area contributed by atoms with Gasteiger partial charge in [0, 0.05) is 0 Å². The Bertz CT molecular complexity index is 782. The predicted molar refractivity (Wildman–Crippen MR) is 90.9 cm³/mol. The summed E-state index contributed by atoms with van der Waals surface area (Å²) in [7, 11) is 0. The lowest BCUT2D eigenvalue weighted by molar-refractivity contribution is 0.101. The first kappa shape index (κ1) is 15.1. The van der Waals surface area contributed by atoms with Crippen molar-refractivity contribution in [1.29, 1.82) is 0 Å². The molecule has 2 heteroatoms. The summed E-state index contributed by atoms with van der Waals surface area (Å²) in [6.45, 7) is 10.6. The molecule has 1 N–H and O–H groups in total. The summed E-state index contributed by atoms with van der Waals surface area (Å²) in [6.07, 6.45) is 2.29. The number of hydrogen-bond acceptors (Lipinski definition) is 2. The highest BCUT2D eigenvalue weighted by atomic mass is 16.3. The Morgan fingerprint density at radius 2 is 1.55 bits per heavy atom. The summed E-state index contributed by atoms with van der Waals surface area (Å²) in [5.41, 5.74) is 3.37. The topological polar surface area (TPSA) is 37.3 Å². The van der Waals surface area contributed by atoms with E-state index in [0.29, 0.717) is 5.56 Å². The van der Waals surface area contributed by atoms with E-state index in [1.54, 1.807) is 6.07 Å². The third kappa shape index (κ3) is 2.13. The van der Waals surface area contributed by atoms with Gasteiger partial charge in [0.05, 0.1) is 5.56 Å². The highest BCUT2D eigenvalue weighted by molar-refractivity contribution is 6.09. The number of phenols is 1. The van der Waals surface area contributed by atoms with Crippen LogP contribution in [-0.4, -0.2) is 10.9 Å². The van der Waals surface area contributed by atoms with E-state index in [-0.39, 0.29) is 22.4 Å². The zero-order valence-electron chi connectivity index (χ0n) is 14.1. The number of ketones is 1. The Balaban J connectivity index is 2.42.